The van der Waals surface area contributed by atoms with Crippen molar-refractivity contribution in [3.63, 3.8) is 0 Å². The van der Waals surface area contributed by atoms with Gasteiger partial charge in [0, 0.05) is 49.5 Å². The third-order valence-electron chi connectivity index (χ3n) is 6.99. The Labute approximate surface area is 177 Å². The van der Waals surface area contributed by atoms with Gasteiger partial charge in [0.25, 0.3) is 0 Å². The van der Waals surface area contributed by atoms with Crippen LogP contribution in [0, 0.1) is 11.7 Å². The molecule has 6 nitrogen and oxygen atoms in total. The van der Waals surface area contributed by atoms with E-state index in [0.717, 1.165) is 50.9 Å². The quantitative estimate of drug-likeness (QED) is 0.623. The van der Waals surface area contributed by atoms with Crippen LogP contribution in [0.2, 0.25) is 0 Å². The van der Waals surface area contributed by atoms with Crippen molar-refractivity contribution >= 4 is 5.69 Å². The van der Waals surface area contributed by atoms with Crippen LogP contribution in [-0.4, -0.2) is 36.7 Å². The molecule has 2 aromatic rings. The van der Waals surface area contributed by atoms with Gasteiger partial charge in [0.1, 0.15) is 5.82 Å². The number of nitrogens with one attached hydrogen (secondary N) is 3. The Bertz CT molecular complexity index is 876. The van der Waals surface area contributed by atoms with Crippen molar-refractivity contribution in [1.82, 2.24) is 21.2 Å². The molecule has 0 radical (unpaired) electrons. The summed E-state index contributed by atoms with van der Waals surface area (Å²) in [4.78, 5) is 6.97. The molecule has 3 aliphatic heterocycles. The first-order chi connectivity index (χ1) is 14.7. The minimum Gasteiger partial charge on any atom is -0.370 e. The Balaban J connectivity index is 1.34. The van der Waals surface area contributed by atoms with Crippen LogP contribution in [0.1, 0.15) is 48.9 Å². The number of hydrazine groups is 1. The van der Waals surface area contributed by atoms with Gasteiger partial charge in [-0.25, -0.2) is 9.82 Å². The van der Waals surface area contributed by atoms with Crippen molar-refractivity contribution in [3.05, 3.63) is 59.7 Å². The van der Waals surface area contributed by atoms with E-state index < -0.39 is 0 Å². The minimum atomic E-state index is -0.143. The number of pyridine rings is 1. The van der Waals surface area contributed by atoms with Gasteiger partial charge in [-0.3, -0.25) is 10.4 Å². The molecule has 0 bridgehead atoms. The molecule has 0 saturated carbocycles. The summed E-state index contributed by atoms with van der Waals surface area (Å²) in [6.45, 7) is 2.86. The molecule has 0 spiro atoms. The number of anilines is 1. The van der Waals surface area contributed by atoms with E-state index in [1.54, 1.807) is 12.1 Å². The van der Waals surface area contributed by atoms with E-state index in [1.165, 1.54) is 11.3 Å². The van der Waals surface area contributed by atoms with Gasteiger partial charge < -0.3 is 16.0 Å². The first-order valence-electron chi connectivity index (χ1n) is 11.1. The topological polar surface area (TPSA) is 78.2 Å². The molecule has 160 valence electrons. The molecular formula is C23H31FN6. The summed E-state index contributed by atoms with van der Waals surface area (Å²) >= 11 is 0. The number of rotatable bonds is 3. The molecular weight excluding hydrogens is 379 g/mol. The van der Waals surface area contributed by atoms with E-state index in [0.29, 0.717) is 12.0 Å². The first-order valence-corrected chi connectivity index (χ1v) is 11.1. The Hall–Kier alpha value is -2.06. The van der Waals surface area contributed by atoms with Crippen molar-refractivity contribution in [2.45, 2.75) is 49.9 Å². The predicted octanol–water partition coefficient (Wildman–Crippen LogP) is 2.41. The SMILES string of the molecule is NC1CCCN(c2cncc(C3CC4C(CN3)NNC4c3ccccc3F)c2)CC1. The predicted molar refractivity (Wildman–Crippen MR) is 116 cm³/mol. The van der Waals surface area contributed by atoms with Crippen LogP contribution in [0.25, 0.3) is 0 Å². The molecule has 1 aromatic carbocycles. The van der Waals surface area contributed by atoms with Gasteiger partial charge >= 0.3 is 0 Å². The lowest BCUT2D eigenvalue weighted by atomic mass is 9.80. The third kappa shape index (κ3) is 3.95. The second-order valence-electron chi connectivity index (χ2n) is 8.91. The summed E-state index contributed by atoms with van der Waals surface area (Å²) < 4.78 is 14.4. The van der Waals surface area contributed by atoms with Crippen LogP contribution in [-0.2, 0) is 0 Å². The number of fused-ring (bicyclic) bond motifs is 1. The fourth-order valence-corrected chi connectivity index (χ4v) is 5.25. The summed E-state index contributed by atoms with van der Waals surface area (Å²) in [5.74, 6) is 0.170. The molecule has 0 aliphatic carbocycles. The highest BCUT2D eigenvalue weighted by atomic mass is 19.1. The first kappa shape index (κ1) is 19.9. The zero-order valence-corrected chi connectivity index (χ0v) is 17.2. The van der Waals surface area contributed by atoms with Crippen LogP contribution in [0.5, 0.6) is 0 Å². The largest absolute Gasteiger partial charge is 0.370 e. The van der Waals surface area contributed by atoms with Crippen molar-refractivity contribution in [3.8, 4) is 0 Å². The molecule has 5 unspecified atom stereocenters. The lowest BCUT2D eigenvalue weighted by Gasteiger charge is -2.35. The maximum atomic E-state index is 14.4. The molecule has 5 atom stereocenters. The Morgan fingerprint density at radius 2 is 2.00 bits per heavy atom. The van der Waals surface area contributed by atoms with Crippen LogP contribution in [0.15, 0.2) is 42.7 Å². The van der Waals surface area contributed by atoms with E-state index in [1.807, 2.05) is 24.5 Å². The number of aromatic nitrogens is 1. The summed E-state index contributed by atoms with van der Waals surface area (Å²) in [6.07, 6.45) is 8.11. The monoisotopic (exact) mass is 410 g/mol. The van der Waals surface area contributed by atoms with E-state index in [2.05, 4.69) is 32.1 Å². The maximum Gasteiger partial charge on any atom is 0.128 e. The average Bonchev–Trinajstić information content (AvgIpc) is 3.07. The third-order valence-corrected chi connectivity index (χ3v) is 6.99. The van der Waals surface area contributed by atoms with E-state index in [9.17, 15) is 4.39 Å². The molecule has 5 N–H and O–H groups in total. The highest BCUT2D eigenvalue weighted by Crippen LogP contribution is 2.39. The summed E-state index contributed by atoms with van der Waals surface area (Å²) in [5, 5.41) is 3.67. The molecule has 1 aromatic heterocycles. The molecule has 5 rings (SSSR count). The molecule has 30 heavy (non-hydrogen) atoms. The van der Waals surface area contributed by atoms with Crippen LogP contribution in [0.3, 0.4) is 0 Å². The Morgan fingerprint density at radius 1 is 1.10 bits per heavy atom. The highest BCUT2D eigenvalue weighted by Gasteiger charge is 2.42. The van der Waals surface area contributed by atoms with Crippen molar-refractivity contribution in [2.24, 2.45) is 11.7 Å². The van der Waals surface area contributed by atoms with Crippen LogP contribution in [0.4, 0.5) is 10.1 Å². The second-order valence-corrected chi connectivity index (χ2v) is 8.91. The highest BCUT2D eigenvalue weighted by molar-refractivity contribution is 5.47. The van der Waals surface area contributed by atoms with Gasteiger partial charge in [-0.15, -0.1) is 0 Å². The lowest BCUT2D eigenvalue weighted by molar-refractivity contribution is 0.264. The molecule has 4 heterocycles. The number of piperidine rings is 1. The lowest BCUT2D eigenvalue weighted by Crippen LogP contribution is -2.46. The van der Waals surface area contributed by atoms with Crippen LogP contribution >= 0.6 is 0 Å². The standard InChI is InChI=1S/C23H31FN6/c24-20-6-2-1-5-18(20)23-19-11-21(27-14-22(19)28-29-23)15-10-17(13-26-12-15)30-8-3-4-16(25)7-9-30/h1-2,5-6,10,12-13,16,19,21-23,27-29H,3-4,7-9,11,14,25H2. The van der Waals surface area contributed by atoms with E-state index in [-0.39, 0.29) is 23.9 Å². The Kier molecular flexibility index (Phi) is 5.69. The van der Waals surface area contributed by atoms with Gasteiger partial charge in [-0.1, -0.05) is 18.2 Å². The minimum absolute atomic E-state index is 0.0240. The number of hydrogen-bond acceptors (Lipinski definition) is 6. The van der Waals surface area contributed by atoms with Crippen molar-refractivity contribution in [2.75, 3.05) is 24.5 Å². The molecule has 3 saturated heterocycles. The molecule has 0 amide bonds. The number of halogens is 1. The van der Waals surface area contributed by atoms with Gasteiger partial charge in [0.2, 0.25) is 0 Å². The number of nitrogens with two attached hydrogens (primary N) is 1. The van der Waals surface area contributed by atoms with Gasteiger partial charge in [-0.05, 0) is 49.3 Å². The second kappa shape index (κ2) is 8.59. The normalized spacial score (nSPS) is 31.9. The van der Waals surface area contributed by atoms with E-state index in [4.69, 9.17) is 5.73 Å². The number of hydrogen-bond donors (Lipinski definition) is 4. The fraction of sp³-hybridized carbons (Fsp3) is 0.522. The summed E-state index contributed by atoms with van der Waals surface area (Å²) in [6, 6.07) is 10.1. The Morgan fingerprint density at radius 3 is 2.90 bits per heavy atom. The number of benzene rings is 1. The van der Waals surface area contributed by atoms with Gasteiger partial charge in [0.15, 0.2) is 0 Å². The maximum absolute atomic E-state index is 14.4. The van der Waals surface area contributed by atoms with Crippen LogP contribution < -0.4 is 26.8 Å². The van der Waals surface area contributed by atoms with Gasteiger partial charge in [-0.2, -0.15) is 0 Å². The zero-order valence-electron chi connectivity index (χ0n) is 17.2. The fourth-order valence-electron chi connectivity index (χ4n) is 5.25. The van der Waals surface area contributed by atoms with Gasteiger partial charge in [0.05, 0.1) is 17.9 Å². The number of nitrogens with zero attached hydrogens (tertiary/aromatic N) is 2. The molecule has 3 aliphatic rings. The van der Waals surface area contributed by atoms with Crippen molar-refractivity contribution in [1.29, 1.82) is 0 Å². The smallest absolute Gasteiger partial charge is 0.128 e. The summed E-state index contributed by atoms with van der Waals surface area (Å²) in [5.41, 5.74) is 16.0. The van der Waals surface area contributed by atoms with E-state index >= 15 is 0 Å². The molecule has 7 heteroatoms. The van der Waals surface area contributed by atoms with Crippen molar-refractivity contribution < 1.29 is 4.39 Å². The zero-order chi connectivity index (χ0) is 20.5. The average molecular weight is 411 g/mol. The molecule has 3 fully saturated rings. The summed E-state index contributed by atoms with van der Waals surface area (Å²) in [7, 11) is 0.